The molecule has 10 heteroatoms. The van der Waals surface area contributed by atoms with Crippen molar-refractivity contribution in [2.45, 2.75) is 19.9 Å². The lowest BCUT2D eigenvalue weighted by Crippen LogP contribution is -2.29. The number of nitro groups is 1. The van der Waals surface area contributed by atoms with Gasteiger partial charge in [0.05, 0.1) is 16.5 Å². The van der Waals surface area contributed by atoms with Gasteiger partial charge in [0.2, 0.25) is 0 Å². The number of fused-ring (bicyclic) bond motifs is 1. The number of nitrogens with one attached hydrogen (secondary N) is 1. The van der Waals surface area contributed by atoms with E-state index >= 15 is 0 Å². The summed E-state index contributed by atoms with van der Waals surface area (Å²) in [6, 6.07) is 9.79. The van der Waals surface area contributed by atoms with Gasteiger partial charge in [-0.15, -0.1) is 0 Å². The number of aryl methyl sites for hydroxylation is 1. The third kappa shape index (κ3) is 4.10. The number of rotatable bonds is 6. The number of non-ortho nitro benzene ring substituents is 1. The van der Waals surface area contributed by atoms with Crippen molar-refractivity contribution in [3.05, 3.63) is 74.2 Å². The zero-order chi connectivity index (χ0) is 21.0. The molecule has 29 heavy (non-hydrogen) atoms. The molecule has 0 spiro atoms. The first-order valence-corrected chi connectivity index (χ1v) is 8.71. The van der Waals surface area contributed by atoms with Gasteiger partial charge < -0.3 is 5.11 Å². The Morgan fingerprint density at radius 1 is 1.28 bits per heavy atom. The van der Waals surface area contributed by atoms with E-state index in [1.807, 2.05) is 6.92 Å². The molecule has 0 radical (unpaired) electrons. The average molecular weight is 394 g/mol. The van der Waals surface area contributed by atoms with Crippen molar-refractivity contribution in [2.75, 3.05) is 0 Å². The van der Waals surface area contributed by atoms with E-state index in [1.165, 1.54) is 4.68 Å². The fourth-order valence-electron chi connectivity index (χ4n) is 2.73. The largest absolute Gasteiger partial charge is 0.872 e. The van der Waals surface area contributed by atoms with Gasteiger partial charge in [0.15, 0.2) is 5.69 Å². The predicted molar refractivity (Wildman–Crippen MR) is 104 cm³/mol. The van der Waals surface area contributed by atoms with Gasteiger partial charge in [0, 0.05) is 24.1 Å². The monoisotopic (exact) mass is 394 g/mol. The Morgan fingerprint density at radius 3 is 2.69 bits per heavy atom. The van der Waals surface area contributed by atoms with Crippen LogP contribution in [0.15, 0.2) is 52.4 Å². The second kappa shape index (κ2) is 8.30. The fourth-order valence-corrected chi connectivity index (χ4v) is 2.73. The summed E-state index contributed by atoms with van der Waals surface area (Å²) in [5.41, 5.74) is 1.64. The quantitative estimate of drug-likeness (QED) is 0.382. The molecule has 0 bridgehead atoms. The van der Waals surface area contributed by atoms with Crippen LogP contribution in [0, 0.1) is 10.1 Å². The maximum Gasteiger partial charge on any atom is 0.292 e. The third-order valence-corrected chi connectivity index (χ3v) is 4.09. The molecule has 1 N–H and O–H groups in total. The first kappa shape index (κ1) is 19.7. The van der Waals surface area contributed by atoms with Crippen LogP contribution in [0.4, 0.5) is 5.69 Å². The standard InChI is InChI=1S/C19H17N5O5/c1-2-9-23-19(27)15-6-4-3-5-14(15)17(22-23)18(26)21-20-11-12-10-13(24(28)29)7-8-16(12)25/h3-8,10-11,25H,2,9H2,1H3,(H,21,26)/p-1/b20-11-. The highest BCUT2D eigenvalue weighted by Gasteiger charge is 2.16. The number of hydrazone groups is 1. The predicted octanol–water partition coefficient (Wildman–Crippen LogP) is 1.55. The van der Waals surface area contributed by atoms with E-state index in [-0.39, 0.29) is 22.5 Å². The highest BCUT2D eigenvalue weighted by Crippen LogP contribution is 2.19. The Bertz CT molecular complexity index is 1190. The van der Waals surface area contributed by atoms with Crippen LogP contribution < -0.4 is 16.1 Å². The average Bonchev–Trinajstić information content (AvgIpc) is 2.71. The van der Waals surface area contributed by atoms with E-state index in [4.69, 9.17) is 0 Å². The zero-order valence-corrected chi connectivity index (χ0v) is 15.4. The smallest absolute Gasteiger partial charge is 0.292 e. The van der Waals surface area contributed by atoms with E-state index in [1.54, 1.807) is 24.3 Å². The van der Waals surface area contributed by atoms with Crippen LogP contribution in [-0.2, 0) is 6.54 Å². The van der Waals surface area contributed by atoms with E-state index in [2.05, 4.69) is 15.6 Å². The van der Waals surface area contributed by atoms with Crippen LogP contribution in [-0.4, -0.2) is 26.8 Å². The minimum atomic E-state index is -0.680. The second-order valence-corrected chi connectivity index (χ2v) is 6.10. The summed E-state index contributed by atoms with van der Waals surface area (Å²) in [7, 11) is 0. The molecule has 0 fully saturated rings. The minimum absolute atomic E-state index is 0.00666. The first-order chi connectivity index (χ1) is 13.9. The van der Waals surface area contributed by atoms with Gasteiger partial charge >= 0.3 is 0 Å². The van der Waals surface area contributed by atoms with Crippen molar-refractivity contribution in [1.82, 2.24) is 15.2 Å². The van der Waals surface area contributed by atoms with Crippen LogP contribution in [0.5, 0.6) is 5.75 Å². The van der Waals surface area contributed by atoms with Crippen molar-refractivity contribution >= 4 is 28.6 Å². The zero-order valence-electron chi connectivity index (χ0n) is 15.4. The number of aromatic nitrogens is 2. The topological polar surface area (TPSA) is 143 Å². The van der Waals surface area contributed by atoms with Crippen molar-refractivity contribution in [1.29, 1.82) is 0 Å². The first-order valence-electron chi connectivity index (χ1n) is 8.71. The Hall–Kier alpha value is -4.08. The van der Waals surface area contributed by atoms with Gasteiger partial charge in [-0.1, -0.05) is 36.9 Å². The summed E-state index contributed by atoms with van der Waals surface area (Å²) in [6.07, 6.45) is 1.68. The van der Waals surface area contributed by atoms with E-state index in [0.717, 1.165) is 24.4 Å². The molecule has 0 saturated carbocycles. The van der Waals surface area contributed by atoms with Gasteiger partial charge in [-0.05, 0) is 18.1 Å². The number of nitro benzene ring substituents is 1. The van der Waals surface area contributed by atoms with Gasteiger partial charge in [-0.2, -0.15) is 10.2 Å². The summed E-state index contributed by atoms with van der Waals surface area (Å²) >= 11 is 0. The molecular weight excluding hydrogens is 378 g/mol. The molecular formula is C19H16N5O5-. The number of benzene rings is 2. The number of carbonyl (C=O) groups excluding carboxylic acids is 1. The van der Waals surface area contributed by atoms with Crippen molar-refractivity contribution in [3.63, 3.8) is 0 Å². The van der Waals surface area contributed by atoms with Gasteiger partial charge in [0.25, 0.3) is 17.2 Å². The molecule has 1 amide bonds. The molecule has 2 aromatic carbocycles. The molecule has 0 aliphatic rings. The number of amides is 1. The molecule has 0 saturated heterocycles. The number of hydrogen-bond donors (Lipinski definition) is 1. The summed E-state index contributed by atoms with van der Waals surface area (Å²) < 4.78 is 1.22. The lowest BCUT2D eigenvalue weighted by molar-refractivity contribution is -0.385. The van der Waals surface area contributed by atoms with Crippen LogP contribution in [0.2, 0.25) is 0 Å². The molecule has 0 aliphatic heterocycles. The maximum absolute atomic E-state index is 12.6. The number of carbonyl (C=O) groups is 1. The highest BCUT2D eigenvalue weighted by molar-refractivity contribution is 6.05. The van der Waals surface area contributed by atoms with Crippen LogP contribution in [0.1, 0.15) is 29.4 Å². The maximum atomic E-state index is 12.6. The molecule has 3 aromatic rings. The van der Waals surface area contributed by atoms with E-state index in [0.29, 0.717) is 23.7 Å². The van der Waals surface area contributed by atoms with Gasteiger partial charge in [-0.3, -0.25) is 19.7 Å². The van der Waals surface area contributed by atoms with Gasteiger partial charge in [-0.25, -0.2) is 10.1 Å². The fraction of sp³-hybridized carbons (Fsp3) is 0.158. The molecule has 3 rings (SSSR count). The molecule has 0 aliphatic carbocycles. The molecule has 10 nitrogen and oxygen atoms in total. The van der Waals surface area contributed by atoms with E-state index < -0.39 is 16.6 Å². The Labute approximate surface area is 164 Å². The molecule has 1 heterocycles. The SMILES string of the molecule is CCCn1nc(C(=O)N/N=C\c2cc([N+](=O)[O-])ccc2[O-])c2ccccc2c1=O. The van der Waals surface area contributed by atoms with Crippen LogP contribution in [0.3, 0.4) is 0 Å². The molecule has 0 atom stereocenters. The van der Waals surface area contributed by atoms with Crippen molar-refractivity contribution in [2.24, 2.45) is 5.10 Å². The highest BCUT2D eigenvalue weighted by atomic mass is 16.6. The summed E-state index contributed by atoms with van der Waals surface area (Å²) in [5.74, 6) is -1.16. The Morgan fingerprint density at radius 2 is 2.00 bits per heavy atom. The molecule has 1 aromatic heterocycles. The normalized spacial score (nSPS) is 11.1. The van der Waals surface area contributed by atoms with E-state index in [9.17, 15) is 24.8 Å². The Balaban J connectivity index is 1.92. The lowest BCUT2D eigenvalue weighted by Gasteiger charge is -2.10. The number of nitrogens with zero attached hydrogens (tertiary/aromatic N) is 4. The lowest BCUT2D eigenvalue weighted by atomic mass is 10.1. The molecule has 0 unspecified atom stereocenters. The minimum Gasteiger partial charge on any atom is -0.872 e. The summed E-state index contributed by atoms with van der Waals surface area (Å²) in [6.45, 7) is 2.23. The van der Waals surface area contributed by atoms with Crippen LogP contribution in [0.25, 0.3) is 10.8 Å². The summed E-state index contributed by atoms with van der Waals surface area (Å²) in [4.78, 5) is 35.2. The molecule has 148 valence electrons. The Kier molecular flexibility index (Phi) is 5.63. The third-order valence-electron chi connectivity index (χ3n) is 4.09. The second-order valence-electron chi connectivity index (χ2n) is 6.10. The summed E-state index contributed by atoms with van der Waals surface area (Å²) in [5, 5.41) is 31.2. The number of hydrogen-bond acceptors (Lipinski definition) is 7. The van der Waals surface area contributed by atoms with Crippen molar-refractivity contribution < 1.29 is 14.8 Å². The van der Waals surface area contributed by atoms with Crippen LogP contribution >= 0.6 is 0 Å². The van der Waals surface area contributed by atoms with Crippen molar-refractivity contribution in [3.8, 4) is 5.75 Å². The van der Waals surface area contributed by atoms with Gasteiger partial charge in [0.1, 0.15) is 0 Å².